The molecule has 0 spiro atoms. The van der Waals surface area contributed by atoms with E-state index in [0.29, 0.717) is 11.3 Å². The summed E-state index contributed by atoms with van der Waals surface area (Å²) in [5, 5.41) is 2.73. The average molecular weight is 374 g/mol. The van der Waals surface area contributed by atoms with Crippen LogP contribution in [0.1, 0.15) is 21.5 Å². The Kier molecular flexibility index (Phi) is 5.79. The number of halogens is 4. The molecule has 0 radical (unpaired) electrons. The summed E-state index contributed by atoms with van der Waals surface area (Å²) in [4.78, 5) is 12.2. The van der Waals surface area contributed by atoms with Gasteiger partial charge in [0.15, 0.2) is 11.5 Å². The van der Waals surface area contributed by atoms with Crippen molar-refractivity contribution >= 4 is 17.5 Å². The fraction of sp³-hybridized carbons (Fsp3) is 0.235. The first-order chi connectivity index (χ1) is 11.8. The van der Waals surface area contributed by atoms with Crippen LogP contribution in [0, 0.1) is 0 Å². The summed E-state index contributed by atoms with van der Waals surface area (Å²) in [5.74, 6) is 0.0677. The number of amides is 1. The largest absolute Gasteiger partial charge is 0.493 e. The molecule has 0 heterocycles. The lowest BCUT2D eigenvalue weighted by Gasteiger charge is -2.12. The summed E-state index contributed by atoms with van der Waals surface area (Å²) in [5.41, 5.74) is -0.238. The first-order valence-electron chi connectivity index (χ1n) is 7.12. The number of ether oxygens (including phenoxy) is 2. The number of alkyl halides is 3. The summed E-state index contributed by atoms with van der Waals surface area (Å²) < 4.78 is 48.3. The van der Waals surface area contributed by atoms with Crippen LogP contribution >= 0.6 is 11.6 Å². The minimum atomic E-state index is -4.43. The minimum absolute atomic E-state index is 0.0608. The van der Waals surface area contributed by atoms with Gasteiger partial charge in [-0.15, -0.1) is 0 Å². The van der Waals surface area contributed by atoms with Crippen molar-refractivity contribution in [1.82, 2.24) is 5.32 Å². The number of hydrogen-bond acceptors (Lipinski definition) is 3. The molecule has 0 aromatic heterocycles. The van der Waals surface area contributed by atoms with Gasteiger partial charge in [-0.1, -0.05) is 23.7 Å². The number of rotatable bonds is 5. The van der Waals surface area contributed by atoms with E-state index in [-0.39, 0.29) is 22.9 Å². The van der Waals surface area contributed by atoms with Crippen molar-refractivity contribution in [2.75, 3.05) is 14.2 Å². The third-order valence-electron chi connectivity index (χ3n) is 3.40. The Morgan fingerprint density at radius 1 is 1.16 bits per heavy atom. The number of methoxy groups -OCH3 is 2. The highest BCUT2D eigenvalue weighted by molar-refractivity contribution is 6.32. The molecule has 0 fully saturated rings. The first kappa shape index (κ1) is 18.9. The topological polar surface area (TPSA) is 47.6 Å². The Labute approximate surface area is 147 Å². The molecule has 8 heteroatoms. The molecular formula is C17H15ClF3NO3. The second-order valence-electron chi connectivity index (χ2n) is 5.07. The lowest BCUT2D eigenvalue weighted by atomic mass is 10.1. The van der Waals surface area contributed by atoms with Crippen molar-refractivity contribution in [3.05, 3.63) is 58.1 Å². The van der Waals surface area contributed by atoms with E-state index in [1.54, 1.807) is 0 Å². The minimum Gasteiger partial charge on any atom is -0.493 e. The summed E-state index contributed by atoms with van der Waals surface area (Å²) in [6, 6.07) is 7.58. The Hall–Kier alpha value is -2.41. The number of benzene rings is 2. The van der Waals surface area contributed by atoms with Crippen molar-refractivity contribution in [1.29, 1.82) is 0 Å². The Balaban J connectivity index is 2.15. The number of nitrogens with one attached hydrogen (secondary N) is 1. The van der Waals surface area contributed by atoms with Gasteiger partial charge in [-0.05, 0) is 29.8 Å². The van der Waals surface area contributed by atoms with Crippen LogP contribution in [0.4, 0.5) is 13.2 Å². The maximum atomic E-state index is 12.7. The van der Waals surface area contributed by atoms with Crippen LogP contribution in [0.15, 0.2) is 36.4 Å². The quantitative estimate of drug-likeness (QED) is 0.849. The molecule has 2 aromatic carbocycles. The fourth-order valence-corrected chi connectivity index (χ4v) is 2.48. The van der Waals surface area contributed by atoms with Gasteiger partial charge in [0.1, 0.15) is 0 Å². The van der Waals surface area contributed by atoms with Gasteiger partial charge in [0.05, 0.1) is 24.8 Å². The normalized spacial score (nSPS) is 11.1. The van der Waals surface area contributed by atoms with Crippen LogP contribution < -0.4 is 14.8 Å². The van der Waals surface area contributed by atoms with Crippen LogP contribution in [0.25, 0.3) is 0 Å². The number of carbonyl (C=O) groups is 1. The highest BCUT2D eigenvalue weighted by Gasteiger charge is 2.30. The van der Waals surface area contributed by atoms with E-state index < -0.39 is 17.6 Å². The maximum absolute atomic E-state index is 12.7. The second-order valence-corrected chi connectivity index (χ2v) is 5.48. The summed E-state index contributed by atoms with van der Waals surface area (Å²) in [7, 11) is 2.82. The van der Waals surface area contributed by atoms with Gasteiger partial charge in [-0.3, -0.25) is 4.79 Å². The van der Waals surface area contributed by atoms with Crippen LogP contribution in [0.2, 0.25) is 5.02 Å². The van der Waals surface area contributed by atoms with Crippen molar-refractivity contribution in [3.63, 3.8) is 0 Å². The zero-order valence-corrected chi connectivity index (χ0v) is 14.2. The molecule has 0 unspecified atom stereocenters. The van der Waals surface area contributed by atoms with E-state index in [9.17, 15) is 18.0 Å². The molecule has 0 atom stereocenters. The summed E-state index contributed by atoms with van der Waals surface area (Å²) >= 11 is 6.04. The average Bonchev–Trinajstić information content (AvgIpc) is 2.58. The summed E-state index contributed by atoms with van der Waals surface area (Å²) in [6.07, 6.45) is -4.43. The standard InChI is InChI=1S/C17H15ClF3NO3/c1-24-14-8-11(7-13(18)15(14)25-2)16(23)22-9-10-4-3-5-12(6-10)17(19,20)21/h3-8H,9H2,1-2H3,(H,22,23). The molecule has 1 amide bonds. The molecule has 0 saturated carbocycles. The highest BCUT2D eigenvalue weighted by atomic mass is 35.5. The Morgan fingerprint density at radius 2 is 1.88 bits per heavy atom. The molecule has 0 saturated heterocycles. The Morgan fingerprint density at radius 3 is 2.48 bits per heavy atom. The monoisotopic (exact) mass is 373 g/mol. The molecule has 0 aliphatic rings. The fourth-order valence-electron chi connectivity index (χ4n) is 2.19. The molecule has 1 N–H and O–H groups in total. The molecule has 0 aliphatic carbocycles. The van der Waals surface area contributed by atoms with Gasteiger partial charge >= 0.3 is 6.18 Å². The van der Waals surface area contributed by atoms with Crippen molar-refractivity contribution in [2.24, 2.45) is 0 Å². The van der Waals surface area contributed by atoms with Crippen LogP contribution in [0.5, 0.6) is 11.5 Å². The summed E-state index contributed by atoms with van der Waals surface area (Å²) in [6.45, 7) is -0.0608. The van der Waals surface area contributed by atoms with Crippen LogP contribution in [-0.2, 0) is 12.7 Å². The zero-order chi connectivity index (χ0) is 18.6. The van der Waals surface area contributed by atoms with Gasteiger partial charge in [0.25, 0.3) is 5.91 Å². The van der Waals surface area contributed by atoms with E-state index in [0.717, 1.165) is 12.1 Å². The smallest absolute Gasteiger partial charge is 0.416 e. The van der Waals surface area contributed by atoms with Gasteiger partial charge in [0.2, 0.25) is 0 Å². The van der Waals surface area contributed by atoms with Gasteiger partial charge < -0.3 is 14.8 Å². The molecular weight excluding hydrogens is 359 g/mol. The molecule has 4 nitrogen and oxygen atoms in total. The Bertz CT molecular complexity index is 778. The van der Waals surface area contributed by atoms with E-state index in [4.69, 9.17) is 21.1 Å². The molecule has 2 aromatic rings. The third kappa shape index (κ3) is 4.57. The van der Waals surface area contributed by atoms with E-state index >= 15 is 0 Å². The van der Waals surface area contributed by atoms with Crippen LogP contribution in [0.3, 0.4) is 0 Å². The zero-order valence-electron chi connectivity index (χ0n) is 13.4. The molecule has 2 rings (SSSR count). The molecule has 25 heavy (non-hydrogen) atoms. The van der Waals surface area contributed by atoms with E-state index in [1.807, 2.05) is 0 Å². The molecule has 0 bridgehead atoms. The number of hydrogen-bond donors (Lipinski definition) is 1. The van der Waals surface area contributed by atoms with Crippen molar-refractivity contribution < 1.29 is 27.4 Å². The third-order valence-corrected chi connectivity index (χ3v) is 3.68. The van der Waals surface area contributed by atoms with Crippen molar-refractivity contribution in [2.45, 2.75) is 12.7 Å². The second kappa shape index (κ2) is 7.65. The van der Waals surface area contributed by atoms with Crippen molar-refractivity contribution in [3.8, 4) is 11.5 Å². The predicted octanol–water partition coefficient (Wildman–Crippen LogP) is 4.31. The number of carbonyl (C=O) groups excluding carboxylic acids is 1. The first-order valence-corrected chi connectivity index (χ1v) is 7.50. The van der Waals surface area contributed by atoms with E-state index in [1.165, 1.54) is 38.5 Å². The maximum Gasteiger partial charge on any atom is 0.416 e. The van der Waals surface area contributed by atoms with Gasteiger partial charge in [-0.2, -0.15) is 13.2 Å². The lowest BCUT2D eigenvalue weighted by Crippen LogP contribution is -2.23. The van der Waals surface area contributed by atoms with Gasteiger partial charge in [-0.25, -0.2) is 0 Å². The molecule has 134 valence electrons. The highest BCUT2D eigenvalue weighted by Crippen LogP contribution is 2.36. The van der Waals surface area contributed by atoms with Gasteiger partial charge in [0, 0.05) is 12.1 Å². The predicted molar refractivity (Wildman–Crippen MR) is 87.2 cm³/mol. The molecule has 0 aliphatic heterocycles. The lowest BCUT2D eigenvalue weighted by molar-refractivity contribution is -0.137. The van der Waals surface area contributed by atoms with Crippen LogP contribution in [-0.4, -0.2) is 20.1 Å². The van der Waals surface area contributed by atoms with E-state index in [2.05, 4.69) is 5.32 Å². The SMILES string of the molecule is COc1cc(C(=O)NCc2cccc(C(F)(F)F)c2)cc(Cl)c1OC.